The molecule has 104 valence electrons. The fourth-order valence-corrected chi connectivity index (χ4v) is 1.83. The van der Waals surface area contributed by atoms with Gasteiger partial charge in [-0.2, -0.15) is 0 Å². The van der Waals surface area contributed by atoms with Gasteiger partial charge in [-0.15, -0.1) is 0 Å². The van der Waals surface area contributed by atoms with Crippen LogP contribution in [-0.4, -0.2) is 4.92 Å². The van der Waals surface area contributed by atoms with Crippen molar-refractivity contribution in [1.29, 1.82) is 0 Å². The van der Waals surface area contributed by atoms with Crippen molar-refractivity contribution in [3.05, 3.63) is 64.2 Å². The summed E-state index contributed by atoms with van der Waals surface area (Å²) >= 11 is 0. The van der Waals surface area contributed by atoms with E-state index in [2.05, 4.69) is 20.8 Å². The summed E-state index contributed by atoms with van der Waals surface area (Å²) in [6, 6.07) is 14.1. The summed E-state index contributed by atoms with van der Waals surface area (Å²) in [4.78, 5) is 10.7. The Bertz CT molecular complexity index is 615. The Morgan fingerprint density at radius 3 is 2.25 bits per heavy atom. The molecule has 4 heteroatoms. The van der Waals surface area contributed by atoms with Gasteiger partial charge in [0.15, 0.2) is 0 Å². The lowest BCUT2D eigenvalue weighted by molar-refractivity contribution is -0.385. The molecule has 0 fully saturated rings. The molecule has 0 atom stereocenters. The average molecular weight is 271 g/mol. The Balaban J connectivity index is 2.45. The minimum Gasteiger partial charge on any atom is -0.450 e. The average Bonchev–Trinajstić information content (AvgIpc) is 2.38. The van der Waals surface area contributed by atoms with Gasteiger partial charge < -0.3 is 4.74 Å². The van der Waals surface area contributed by atoms with E-state index in [1.807, 2.05) is 18.2 Å². The zero-order valence-electron chi connectivity index (χ0n) is 11.8. The molecule has 0 amide bonds. The van der Waals surface area contributed by atoms with E-state index in [9.17, 15) is 10.1 Å². The van der Waals surface area contributed by atoms with Crippen molar-refractivity contribution in [3.63, 3.8) is 0 Å². The van der Waals surface area contributed by atoms with E-state index in [0.717, 1.165) is 5.56 Å². The molecule has 0 unspecified atom stereocenters. The van der Waals surface area contributed by atoms with E-state index in [0.29, 0.717) is 5.75 Å². The van der Waals surface area contributed by atoms with Crippen LogP contribution < -0.4 is 4.74 Å². The molecule has 0 bridgehead atoms. The molecule has 0 spiro atoms. The second-order valence-electron chi connectivity index (χ2n) is 5.60. The minimum absolute atomic E-state index is 0.0261. The van der Waals surface area contributed by atoms with E-state index >= 15 is 0 Å². The highest BCUT2D eigenvalue weighted by Gasteiger charge is 2.21. The number of nitro benzene ring substituents is 1. The van der Waals surface area contributed by atoms with Gasteiger partial charge >= 0.3 is 5.69 Å². The molecule has 0 aliphatic heterocycles. The summed E-state index contributed by atoms with van der Waals surface area (Å²) in [6.45, 7) is 6.17. The highest BCUT2D eigenvalue weighted by Crippen LogP contribution is 2.35. The minimum atomic E-state index is -0.426. The van der Waals surface area contributed by atoms with Crippen molar-refractivity contribution in [2.24, 2.45) is 0 Å². The monoisotopic (exact) mass is 271 g/mol. The first-order valence-electron chi connectivity index (χ1n) is 6.40. The van der Waals surface area contributed by atoms with Crippen LogP contribution in [0.2, 0.25) is 0 Å². The molecule has 0 aliphatic carbocycles. The standard InChI is InChI=1S/C16H17NO3/c1-16(2,3)12-9-10-14(17(18)19)15(11-12)20-13-7-5-4-6-8-13/h4-11H,1-3H3. The Morgan fingerprint density at radius 1 is 1.05 bits per heavy atom. The molecule has 0 saturated heterocycles. The number of hydrogen-bond acceptors (Lipinski definition) is 3. The number of hydrogen-bond donors (Lipinski definition) is 0. The third-order valence-electron chi connectivity index (χ3n) is 2.99. The number of para-hydroxylation sites is 1. The van der Waals surface area contributed by atoms with Crippen molar-refractivity contribution >= 4 is 5.69 Å². The van der Waals surface area contributed by atoms with Crippen molar-refractivity contribution in [1.82, 2.24) is 0 Å². The SMILES string of the molecule is CC(C)(C)c1ccc([N+](=O)[O-])c(Oc2ccccc2)c1. The van der Waals surface area contributed by atoms with Crippen LogP contribution >= 0.6 is 0 Å². The van der Waals surface area contributed by atoms with Crippen LogP contribution in [0.4, 0.5) is 5.69 Å². The van der Waals surface area contributed by atoms with Gasteiger partial charge in [0.1, 0.15) is 5.75 Å². The second-order valence-corrected chi connectivity index (χ2v) is 5.60. The summed E-state index contributed by atoms with van der Waals surface area (Å²) in [5.74, 6) is 0.857. The lowest BCUT2D eigenvalue weighted by atomic mass is 9.87. The predicted octanol–water partition coefficient (Wildman–Crippen LogP) is 4.68. The molecule has 0 N–H and O–H groups in total. The third-order valence-corrected chi connectivity index (χ3v) is 2.99. The molecule has 0 aromatic heterocycles. The molecule has 2 aromatic rings. The van der Waals surface area contributed by atoms with Gasteiger partial charge in [0.2, 0.25) is 5.75 Å². The largest absolute Gasteiger partial charge is 0.450 e. The lowest BCUT2D eigenvalue weighted by Crippen LogP contribution is -2.11. The maximum atomic E-state index is 11.1. The Morgan fingerprint density at radius 2 is 1.70 bits per heavy atom. The Hall–Kier alpha value is -2.36. The highest BCUT2D eigenvalue weighted by atomic mass is 16.6. The molecule has 4 nitrogen and oxygen atoms in total. The zero-order valence-corrected chi connectivity index (χ0v) is 11.8. The third kappa shape index (κ3) is 3.15. The summed E-state index contributed by atoms with van der Waals surface area (Å²) < 4.78 is 5.66. The zero-order chi connectivity index (χ0) is 14.8. The number of rotatable bonds is 3. The Kier molecular flexibility index (Phi) is 3.74. The first-order valence-corrected chi connectivity index (χ1v) is 6.40. The molecule has 20 heavy (non-hydrogen) atoms. The number of nitrogens with zero attached hydrogens (tertiary/aromatic N) is 1. The molecular weight excluding hydrogens is 254 g/mol. The van der Waals surface area contributed by atoms with Crippen LogP contribution in [0, 0.1) is 10.1 Å². The van der Waals surface area contributed by atoms with E-state index in [1.54, 1.807) is 24.3 Å². The van der Waals surface area contributed by atoms with Gasteiger partial charge in [-0.05, 0) is 29.2 Å². The van der Waals surface area contributed by atoms with Gasteiger partial charge in [0, 0.05) is 6.07 Å². The number of nitro groups is 1. The molecule has 0 saturated carbocycles. The van der Waals surface area contributed by atoms with Crippen molar-refractivity contribution < 1.29 is 9.66 Å². The van der Waals surface area contributed by atoms with E-state index in [4.69, 9.17) is 4.74 Å². The Labute approximate surface area is 118 Å². The van der Waals surface area contributed by atoms with Gasteiger partial charge in [-0.3, -0.25) is 10.1 Å². The normalized spacial score (nSPS) is 11.2. The smallest absolute Gasteiger partial charge is 0.311 e. The van der Waals surface area contributed by atoms with Crippen LogP contribution in [0.25, 0.3) is 0 Å². The van der Waals surface area contributed by atoms with Gasteiger partial charge in [-0.1, -0.05) is 45.0 Å². The first-order chi connectivity index (χ1) is 9.38. The summed E-state index contributed by atoms with van der Waals surface area (Å²) in [5.41, 5.74) is 0.875. The summed E-state index contributed by atoms with van der Waals surface area (Å²) in [7, 11) is 0. The molecule has 0 aliphatic rings. The second kappa shape index (κ2) is 5.33. The molecule has 0 radical (unpaired) electrons. The predicted molar refractivity (Wildman–Crippen MR) is 78.3 cm³/mol. The number of ether oxygens (including phenoxy) is 1. The quantitative estimate of drug-likeness (QED) is 0.601. The maximum Gasteiger partial charge on any atom is 0.311 e. The summed E-state index contributed by atoms with van der Waals surface area (Å²) in [6.07, 6.45) is 0. The lowest BCUT2D eigenvalue weighted by Gasteiger charge is -2.19. The van der Waals surface area contributed by atoms with Crippen molar-refractivity contribution in [3.8, 4) is 11.5 Å². The molecular formula is C16H17NO3. The van der Waals surface area contributed by atoms with Crippen LogP contribution in [0.15, 0.2) is 48.5 Å². The van der Waals surface area contributed by atoms with E-state index < -0.39 is 4.92 Å². The summed E-state index contributed by atoms with van der Waals surface area (Å²) in [5, 5.41) is 11.1. The fourth-order valence-electron chi connectivity index (χ4n) is 1.83. The highest BCUT2D eigenvalue weighted by molar-refractivity contribution is 5.51. The van der Waals surface area contributed by atoms with E-state index in [1.165, 1.54) is 6.07 Å². The topological polar surface area (TPSA) is 52.4 Å². The van der Waals surface area contributed by atoms with Gasteiger partial charge in [-0.25, -0.2) is 0 Å². The van der Waals surface area contributed by atoms with Gasteiger partial charge in [0.05, 0.1) is 4.92 Å². The molecule has 0 heterocycles. The fraction of sp³-hybridized carbons (Fsp3) is 0.250. The molecule has 2 aromatic carbocycles. The van der Waals surface area contributed by atoms with Crippen molar-refractivity contribution in [2.75, 3.05) is 0 Å². The van der Waals surface area contributed by atoms with Crippen LogP contribution in [0.5, 0.6) is 11.5 Å². The number of benzene rings is 2. The van der Waals surface area contributed by atoms with Crippen LogP contribution in [0.1, 0.15) is 26.3 Å². The maximum absolute atomic E-state index is 11.1. The first kappa shape index (κ1) is 14.1. The molecule has 2 rings (SSSR count). The van der Waals surface area contributed by atoms with Crippen molar-refractivity contribution in [2.45, 2.75) is 26.2 Å². The van der Waals surface area contributed by atoms with Crippen LogP contribution in [-0.2, 0) is 5.41 Å². The van der Waals surface area contributed by atoms with Crippen LogP contribution in [0.3, 0.4) is 0 Å². The van der Waals surface area contributed by atoms with Gasteiger partial charge in [0.25, 0.3) is 0 Å². The van der Waals surface area contributed by atoms with E-state index in [-0.39, 0.29) is 16.9 Å².